The largest absolute Gasteiger partial charge is 0.455 e. The molecule has 2 aromatic heterocycles. The van der Waals surface area contributed by atoms with Crippen LogP contribution in [0.5, 0.6) is 0 Å². The topological polar surface area (TPSA) is 51.8 Å². The van der Waals surface area contributed by atoms with Crippen LogP contribution < -0.4 is 0 Å². The zero-order chi connectivity index (χ0) is 42.8. The van der Waals surface area contributed by atoms with Gasteiger partial charge in [0.05, 0.1) is 0 Å². The van der Waals surface area contributed by atoms with Gasteiger partial charge in [0.1, 0.15) is 11.2 Å². The van der Waals surface area contributed by atoms with Crippen LogP contribution >= 0.6 is 0 Å². The lowest BCUT2D eigenvalue weighted by Gasteiger charge is -2.14. The minimum Gasteiger partial charge on any atom is -0.455 e. The average molecular weight is 828 g/mol. The van der Waals surface area contributed by atoms with Crippen molar-refractivity contribution >= 4 is 65.0 Å². The van der Waals surface area contributed by atoms with Gasteiger partial charge < -0.3 is 4.42 Å². The molecule has 65 heavy (non-hydrogen) atoms. The third-order valence-electron chi connectivity index (χ3n) is 12.9. The van der Waals surface area contributed by atoms with Crippen LogP contribution in [0.15, 0.2) is 229 Å². The summed E-state index contributed by atoms with van der Waals surface area (Å²) in [7, 11) is 0. The Morgan fingerprint density at radius 1 is 0.262 bits per heavy atom. The number of furan rings is 1. The van der Waals surface area contributed by atoms with Crippen molar-refractivity contribution in [2.75, 3.05) is 0 Å². The Morgan fingerprint density at radius 2 is 0.646 bits per heavy atom. The number of hydrogen-bond donors (Lipinski definition) is 0. The number of benzene rings is 11. The maximum atomic E-state index is 7.03. The molecule has 0 amide bonds. The van der Waals surface area contributed by atoms with E-state index < -0.39 is 0 Å². The minimum absolute atomic E-state index is 0.608. The molecule has 13 rings (SSSR count). The second kappa shape index (κ2) is 15.0. The van der Waals surface area contributed by atoms with Crippen LogP contribution in [0.4, 0.5) is 0 Å². The molecule has 0 saturated carbocycles. The fourth-order valence-corrected chi connectivity index (χ4v) is 9.68. The van der Waals surface area contributed by atoms with E-state index in [0.717, 1.165) is 88.2 Å². The quantitative estimate of drug-likeness (QED) is 0.157. The Labute approximate surface area is 374 Å². The van der Waals surface area contributed by atoms with E-state index in [1.54, 1.807) is 0 Å². The number of fused-ring (bicyclic) bond motifs is 11. The lowest BCUT2D eigenvalue weighted by molar-refractivity contribution is 0.673. The van der Waals surface area contributed by atoms with Crippen molar-refractivity contribution in [3.63, 3.8) is 0 Å². The van der Waals surface area contributed by atoms with Crippen molar-refractivity contribution in [1.29, 1.82) is 0 Å². The highest BCUT2D eigenvalue weighted by molar-refractivity contribution is 6.34. The molecular formula is C61H37N3O. The average Bonchev–Trinajstić information content (AvgIpc) is 3.76. The van der Waals surface area contributed by atoms with Gasteiger partial charge in [-0.2, -0.15) is 0 Å². The Balaban J connectivity index is 0.985. The second-order valence-electron chi connectivity index (χ2n) is 16.7. The van der Waals surface area contributed by atoms with Gasteiger partial charge >= 0.3 is 0 Å². The molecule has 2 heterocycles. The van der Waals surface area contributed by atoms with Crippen LogP contribution in [0, 0.1) is 0 Å². The third-order valence-corrected chi connectivity index (χ3v) is 12.9. The lowest BCUT2D eigenvalue weighted by atomic mass is 9.89. The van der Waals surface area contributed by atoms with E-state index >= 15 is 0 Å². The number of nitrogens with zero attached hydrogens (tertiary/aromatic N) is 3. The molecule has 0 aliphatic carbocycles. The van der Waals surface area contributed by atoms with Crippen molar-refractivity contribution in [2.24, 2.45) is 0 Å². The molecular weight excluding hydrogens is 791 g/mol. The Kier molecular flexibility index (Phi) is 8.50. The fraction of sp³-hybridized carbons (Fsp3) is 0. The molecule has 0 radical (unpaired) electrons. The molecule has 4 heteroatoms. The first-order valence-electron chi connectivity index (χ1n) is 22.0. The number of aromatic nitrogens is 3. The summed E-state index contributed by atoms with van der Waals surface area (Å²) in [5, 5.41) is 11.7. The summed E-state index contributed by atoms with van der Waals surface area (Å²) >= 11 is 0. The maximum absolute atomic E-state index is 7.03. The monoisotopic (exact) mass is 827 g/mol. The molecule has 4 nitrogen and oxygen atoms in total. The van der Waals surface area contributed by atoms with Crippen LogP contribution in [-0.4, -0.2) is 15.0 Å². The summed E-state index contributed by atoms with van der Waals surface area (Å²) in [6, 6.07) is 79.3. The van der Waals surface area contributed by atoms with Crippen molar-refractivity contribution in [3.05, 3.63) is 224 Å². The molecule has 0 fully saturated rings. The first-order chi connectivity index (χ1) is 32.2. The van der Waals surface area contributed by atoms with Gasteiger partial charge in [-0.15, -0.1) is 0 Å². The van der Waals surface area contributed by atoms with Crippen LogP contribution in [0.3, 0.4) is 0 Å². The van der Waals surface area contributed by atoms with E-state index in [9.17, 15) is 0 Å². The summed E-state index contributed by atoms with van der Waals surface area (Å²) < 4.78 is 7.03. The van der Waals surface area contributed by atoms with Crippen LogP contribution in [0.25, 0.3) is 133 Å². The van der Waals surface area contributed by atoms with Gasteiger partial charge in [0, 0.05) is 32.8 Å². The summed E-state index contributed by atoms with van der Waals surface area (Å²) in [5.41, 5.74) is 11.3. The predicted molar refractivity (Wildman–Crippen MR) is 270 cm³/mol. The molecule has 0 aliphatic rings. The standard InChI is InChI=1S/C61H37N3O/c1-3-13-38(14-4-1)40-23-29-43(30-24-40)59-62-60(44-31-25-41(26-32-44)39-15-5-2-6-16-39)64-61(63-59)45-33-27-42(28-34-45)52-37-53-50-21-10-9-19-48(50)49-20-11-12-22-51(49)56(53)58-57(52)54-35-46-17-7-8-18-47(46)36-55(54)65-58/h1-37H. The van der Waals surface area contributed by atoms with Gasteiger partial charge in [0.25, 0.3) is 0 Å². The van der Waals surface area contributed by atoms with E-state index in [-0.39, 0.29) is 0 Å². The summed E-state index contributed by atoms with van der Waals surface area (Å²) in [5.74, 6) is 1.85. The van der Waals surface area contributed by atoms with E-state index in [0.29, 0.717) is 17.5 Å². The Hall–Kier alpha value is -8.73. The van der Waals surface area contributed by atoms with Gasteiger partial charge in [-0.05, 0) is 89.3 Å². The molecule has 0 N–H and O–H groups in total. The van der Waals surface area contributed by atoms with Crippen molar-refractivity contribution in [1.82, 2.24) is 15.0 Å². The first kappa shape index (κ1) is 36.9. The molecule has 302 valence electrons. The van der Waals surface area contributed by atoms with E-state index in [4.69, 9.17) is 19.4 Å². The van der Waals surface area contributed by atoms with Crippen molar-refractivity contribution < 1.29 is 4.42 Å². The molecule has 0 unspecified atom stereocenters. The second-order valence-corrected chi connectivity index (χ2v) is 16.7. The molecule has 0 bridgehead atoms. The molecule has 0 atom stereocenters. The van der Waals surface area contributed by atoms with Gasteiger partial charge in [-0.1, -0.05) is 206 Å². The summed E-state index contributed by atoms with van der Waals surface area (Å²) in [6.07, 6.45) is 0. The molecule has 0 spiro atoms. The van der Waals surface area contributed by atoms with Gasteiger partial charge in [-0.25, -0.2) is 15.0 Å². The Morgan fingerprint density at radius 3 is 1.17 bits per heavy atom. The SMILES string of the molecule is c1ccc(-c2ccc(-c3nc(-c4ccc(-c5ccccc5)cc4)nc(-c4ccc(-c5cc6c7ccccc7c7ccccc7c6c6oc7cc8ccccc8cc7c56)cc4)n3)cc2)cc1. The first-order valence-corrected chi connectivity index (χ1v) is 22.0. The highest BCUT2D eigenvalue weighted by Gasteiger charge is 2.21. The molecule has 0 saturated heterocycles. The molecule has 11 aromatic carbocycles. The summed E-state index contributed by atoms with van der Waals surface area (Å²) in [6.45, 7) is 0. The van der Waals surface area contributed by atoms with Crippen LogP contribution in [-0.2, 0) is 0 Å². The van der Waals surface area contributed by atoms with Gasteiger partial charge in [-0.3, -0.25) is 0 Å². The fourth-order valence-electron chi connectivity index (χ4n) is 9.68. The maximum Gasteiger partial charge on any atom is 0.164 e. The third kappa shape index (κ3) is 6.26. The summed E-state index contributed by atoms with van der Waals surface area (Å²) in [4.78, 5) is 15.4. The van der Waals surface area contributed by atoms with E-state index in [2.05, 4.69) is 212 Å². The predicted octanol–water partition coefficient (Wildman–Crippen LogP) is 16.4. The lowest BCUT2D eigenvalue weighted by Crippen LogP contribution is -2.00. The zero-order valence-electron chi connectivity index (χ0n) is 35.1. The molecule has 13 aromatic rings. The van der Waals surface area contributed by atoms with Crippen LogP contribution in [0.2, 0.25) is 0 Å². The van der Waals surface area contributed by atoms with E-state index in [1.807, 2.05) is 12.1 Å². The highest BCUT2D eigenvalue weighted by Crippen LogP contribution is 2.47. The van der Waals surface area contributed by atoms with Crippen molar-refractivity contribution in [2.45, 2.75) is 0 Å². The Bertz CT molecular complexity index is 3850. The molecule has 0 aliphatic heterocycles. The highest BCUT2D eigenvalue weighted by atomic mass is 16.3. The number of hydrogen-bond acceptors (Lipinski definition) is 4. The van der Waals surface area contributed by atoms with E-state index in [1.165, 1.54) is 26.9 Å². The zero-order valence-corrected chi connectivity index (χ0v) is 35.1. The normalized spacial score (nSPS) is 11.7. The number of rotatable bonds is 6. The van der Waals surface area contributed by atoms with Crippen molar-refractivity contribution in [3.8, 4) is 67.5 Å². The van der Waals surface area contributed by atoms with Crippen LogP contribution in [0.1, 0.15) is 0 Å². The van der Waals surface area contributed by atoms with Gasteiger partial charge in [0.2, 0.25) is 0 Å². The minimum atomic E-state index is 0.608. The van der Waals surface area contributed by atoms with Gasteiger partial charge in [0.15, 0.2) is 17.5 Å². The smallest absolute Gasteiger partial charge is 0.164 e.